The molecule has 0 bridgehead atoms. The van der Waals surface area contributed by atoms with Gasteiger partial charge in [0.05, 0.1) is 12.2 Å². The van der Waals surface area contributed by atoms with E-state index in [1.807, 2.05) is 0 Å². The van der Waals surface area contributed by atoms with E-state index < -0.39 is 30.4 Å². The standard InChI is InChI=1S/C24H48O8/c1-2-3-4-8-13-20(31-18-11-16-25)23(29)24(30)21(32-19-12-17-26)14-9-6-5-7-10-15-22(27)28/h20-21,23-26,29-30H,2-19H2,1H3,(H,27,28). The fourth-order valence-electron chi connectivity index (χ4n) is 3.67. The molecule has 5 N–H and O–H groups in total. The van der Waals surface area contributed by atoms with Crippen LogP contribution in [0.15, 0.2) is 0 Å². The number of carboxylic acids is 1. The first-order chi connectivity index (χ1) is 15.5. The van der Waals surface area contributed by atoms with Crippen LogP contribution in [-0.2, 0) is 14.3 Å². The Morgan fingerprint density at radius 2 is 1.12 bits per heavy atom. The van der Waals surface area contributed by atoms with E-state index in [2.05, 4.69) is 6.92 Å². The van der Waals surface area contributed by atoms with Crippen LogP contribution in [-0.4, -0.2) is 82.3 Å². The molecule has 0 amide bonds. The van der Waals surface area contributed by atoms with Crippen molar-refractivity contribution in [3.05, 3.63) is 0 Å². The summed E-state index contributed by atoms with van der Waals surface area (Å²) in [4.78, 5) is 10.6. The van der Waals surface area contributed by atoms with Crippen molar-refractivity contribution in [3.8, 4) is 0 Å². The molecule has 0 aliphatic carbocycles. The molecule has 4 unspecified atom stereocenters. The molecule has 8 nitrogen and oxygen atoms in total. The summed E-state index contributed by atoms with van der Waals surface area (Å²) in [5.41, 5.74) is 0. The maximum atomic E-state index is 10.9. The van der Waals surface area contributed by atoms with Crippen LogP contribution in [0.3, 0.4) is 0 Å². The summed E-state index contributed by atoms with van der Waals surface area (Å²) in [5, 5.41) is 48.5. The van der Waals surface area contributed by atoms with Gasteiger partial charge < -0.3 is 35.0 Å². The number of aliphatic carboxylic acids is 1. The summed E-state index contributed by atoms with van der Waals surface area (Å²) < 4.78 is 11.6. The van der Waals surface area contributed by atoms with Crippen LogP contribution >= 0.6 is 0 Å². The summed E-state index contributed by atoms with van der Waals surface area (Å²) in [6.45, 7) is 2.77. The lowest BCUT2D eigenvalue weighted by atomic mass is 9.95. The zero-order valence-corrected chi connectivity index (χ0v) is 20.0. The van der Waals surface area contributed by atoms with Crippen molar-refractivity contribution in [3.63, 3.8) is 0 Å². The maximum absolute atomic E-state index is 10.9. The Hall–Kier alpha value is -0.770. The highest BCUT2D eigenvalue weighted by atomic mass is 16.5. The van der Waals surface area contributed by atoms with E-state index in [1.165, 1.54) is 0 Å². The number of hydrogen-bond donors (Lipinski definition) is 5. The minimum atomic E-state index is -1.11. The van der Waals surface area contributed by atoms with E-state index in [0.717, 1.165) is 51.4 Å². The van der Waals surface area contributed by atoms with Gasteiger partial charge in [0.1, 0.15) is 12.2 Å². The number of ether oxygens (including phenoxy) is 2. The fourth-order valence-corrected chi connectivity index (χ4v) is 3.67. The Bertz CT molecular complexity index is 421. The van der Waals surface area contributed by atoms with Crippen molar-refractivity contribution in [2.45, 2.75) is 121 Å². The molecule has 0 fully saturated rings. The third-order valence-electron chi connectivity index (χ3n) is 5.60. The number of aliphatic hydroxyl groups excluding tert-OH is 4. The highest BCUT2D eigenvalue weighted by Crippen LogP contribution is 2.21. The Labute approximate surface area is 193 Å². The van der Waals surface area contributed by atoms with Crippen LogP contribution in [0.4, 0.5) is 0 Å². The van der Waals surface area contributed by atoms with Crippen LogP contribution < -0.4 is 0 Å². The molecule has 0 heterocycles. The second kappa shape index (κ2) is 22.0. The first-order valence-corrected chi connectivity index (χ1v) is 12.5. The summed E-state index contributed by atoms with van der Waals surface area (Å²) in [6.07, 6.45) is 7.34. The van der Waals surface area contributed by atoms with Crippen molar-refractivity contribution < 1.29 is 39.8 Å². The van der Waals surface area contributed by atoms with E-state index in [9.17, 15) is 15.0 Å². The van der Waals surface area contributed by atoms with Gasteiger partial charge in [-0.25, -0.2) is 0 Å². The highest BCUT2D eigenvalue weighted by Gasteiger charge is 2.33. The Balaban J connectivity index is 4.72. The summed E-state index contributed by atoms with van der Waals surface area (Å²) in [7, 11) is 0. The Morgan fingerprint density at radius 3 is 1.56 bits per heavy atom. The average Bonchev–Trinajstić information content (AvgIpc) is 2.77. The van der Waals surface area contributed by atoms with Crippen molar-refractivity contribution in [1.29, 1.82) is 0 Å². The van der Waals surface area contributed by atoms with E-state index in [-0.39, 0.29) is 19.6 Å². The highest BCUT2D eigenvalue weighted by molar-refractivity contribution is 5.66. The fraction of sp³-hybridized carbons (Fsp3) is 0.958. The van der Waals surface area contributed by atoms with Crippen molar-refractivity contribution in [1.82, 2.24) is 0 Å². The quantitative estimate of drug-likeness (QED) is 0.138. The van der Waals surface area contributed by atoms with Crippen LogP contribution in [0.5, 0.6) is 0 Å². The van der Waals surface area contributed by atoms with Gasteiger partial charge in [0, 0.05) is 32.8 Å². The molecular formula is C24H48O8. The van der Waals surface area contributed by atoms with Crippen molar-refractivity contribution >= 4 is 5.97 Å². The zero-order valence-electron chi connectivity index (χ0n) is 20.0. The molecule has 0 aliphatic rings. The monoisotopic (exact) mass is 464 g/mol. The Kier molecular flexibility index (Phi) is 21.5. The van der Waals surface area contributed by atoms with E-state index in [4.69, 9.17) is 24.8 Å². The lowest BCUT2D eigenvalue weighted by molar-refractivity contribution is -0.142. The predicted octanol–water partition coefficient (Wildman–Crippen LogP) is 3.03. The molecule has 0 aromatic rings. The van der Waals surface area contributed by atoms with E-state index >= 15 is 0 Å². The van der Waals surface area contributed by atoms with Crippen molar-refractivity contribution in [2.75, 3.05) is 26.4 Å². The summed E-state index contributed by atoms with van der Waals surface area (Å²) in [5.74, 6) is -0.773. The van der Waals surface area contributed by atoms with Crippen LogP contribution in [0.2, 0.25) is 0 Å². The topological polar surface area (TPSA) is 137 Å². The average molecular weight is 465 g/mol. The maximum Gasteiger partial charge on any atom is 0.303 e. The van der Waals surface area contributed by atoms with E-state index in [1.54, 1.807) is 0 Å². The first-order valence-electron chi connectivity index (χ1n) is 12.5. The molecule has 0 aliphatic heterocycles. The van der Waals surface area contributed by atoms with Crippen LogP contribution in [0.1, 0.15) is 96.8 Å². The van der Waals surface area contributed by atoms with Gasteiger partial charge in [0.25, 0.3) is 0 Å². The number of unbranched alkanes of at least 4 members (excludes halogenated alkanes) is 7. The van der Waals surface area contributed by atoms with Crippen molar-refractivity contribution in [2.24, 2.45) is 0 Å². The van der Waals surface area contributed by atoms with Gasteiger partial charge in [-0.2, -0.15) is 0 Å². The lowest BCUT2D eigenvalue weighted by Crippen LogP contribution is -2.46. The second-order valence-electron chi connectivity index (χ2n) is 8.50. The molecule has 0 rings (SSSR count). The molecule has 0 aromatic carbocycles. The van der Waals surface area contributed by atoms with Gasteiger partial charge in [-0.15, -0.1) is 0 Å². The number of rotatable bonds is 24. The predicted molar refractivity (Wildman–Crippen MR) is 124 cm³/mol. The molecule has 192 valence electrons. The smallest absolute Gasteiger partial charge is 0.303 e. The normalized spacial score (nSPS) is 15.4. The summed E-state index contributed by atoms with van der Waals surface area (Å²) >= 11 is 0. The molecule has 0 aromatic heterocycles. The van der Waals surface area contributed by atoms with E-state index in [0.29, 0.717) is 45.3 Å². The molecule has 0 saturated carbocycles. The summed E-state index contributed by atoms with van der Waals surface area (Å²) in [6, 6.07) is 0. The van der Waals surface area contributed by atoms with Crippen LogP contribution in [0.25, 0.3) is 0 Å². The lowest BCUT2D eigenvalue weighted by Gasteiger charge is -2.32. The molecule has 0 radical (unpaired) electrons. The number of aliphatic hydroxyl groups is 4. The zero-order chi connectivity index (χ0) is 24.0. The van der Waals surface area contributed by atoms with Crippen LogP contribution in [0, 0.1) is 0 Å². The second-order valence-corrected chi connectivity index (χ2v) is 8.50. The number of hydrogen-bond acceptors (Lipinski definition) is 7. The molecule has 32 heavy (non-hydrogen) atoms. The molecule has 8 heteroatoms. The van der Waals surface area contributed by atoms with Gasteiger partial charge in [-0.3, -0.25) is 4.79 Å². The first kappa shape index (κ1) is 31.2. The van der Waals surface area contributed by atoms with Gasteiger partial charge in [-0.05, 0) is 32.1 Å². The third kappa shape index (κ3) is 16.8. The minimum Gasteiger partial charge on any atom is -0.481 e. The SMILES string of the molecule is CCCCCCC(OCCCO)C(O)C(O)C(CCCCCCCC(=O)O)OCCCO. The number of carbonyl (C=O) groups is 1. The number of carboxylic acid groups (broad SMARTS) is 1. The molecule has 0 saturated heterocycles. The molecular weight excluding hydrogens is 416 g/mol. The third-order valence-corrected chi connectivity index (χ3v) is 5.60. The van der Waals surface area contributed by atoms with Gasteiger partial charge in [0.15, 0.2) is 0 Å². The molecule has 0 spiro atoms. The van der Waals surface area contributed by atoms with Gasteiger partial charge >= 0.3 is 5.97 Å². The largest absolute Gasteiger partial charge is 0.481 e. The molecule has 4 atom stereocenters. The minimum absolute atomic E-state index is 0.000724. The Morgan fingerprint density at radius 1 is 0.688 bits per heavy atom. The van der Waals surface area contributed by atoms with Gasteiger partial charge in [-0.1, -0.05) is 58.3 Å². The van der Waals surface area contributed by atoms with Gasteiger partial charge in [0.2, 0.25) is 0 Å².